The number of aliphatic hydroxyl groups excluding tert-OH is 14. The molecule has 27 nitrogen and oxygen atoms in total. The Morgan fingerprint density at radius 2 is 0.934 bits per heavy atom. The van der Waals surface area contributed by atoms with Crippen LogP contribution in [-0.2, 0) is 52.2 Å². The molecule has 0 unspecified atom stereocenters. The number of amides is 2. The minimum atomic E-state index is -2.12. The van der Waals surface area contributed by atoms with Crippen molar-refractivity contribution in [3.05, 3.63) is 0 Å². The number of carbonyl (C=O) groups is 2. The highest BCUT2D eigenvalue weighted by atomic mass is 16.8. The van der Waals surface area contributed by atoms with Gasteiger partial charge in [0.05, 0.1) is 39.1 Å². The molecule has 16 N–H and O–H groups in total. The van der Waals surface area contributed by atoms with Crippen LogP contribution in [0.25, 0.3) is 0 Å². The molecule has 0 aromatic heterocycles. The molecule has 2 amide bonds. The molecule has 5 rings (SSSR count). The average Bonchev–Trinajstić information content (AvgIpc) is 3.22. The SMILES string of the molecule is CC(=O)N[C@H]1[C@H](O[C@@H]2[C@@H](OC[C@H]3O[C@@H](O)[C@@H](O)[C@@H](O[C@H]4O[C@H](CO)[C@@H](O)C[C@@H]4O[C@@H]4O[C@H](CO)[C@@H](O)[C@H](O)[C@H]4NC(C)=O)[C@@H]3O)O[C@H](CO)[C@@H](O)[C@@H]2O)O[C@H](CO)[C@@H](O)[C@@H]1O. The lowest BCUT2D eigenvalue weighted by molar-refractivity contribution is -0.375. The third-order valence-electron chi connectivity index (χ3n) is 11.0. The predicted octanol–water partition coefficient (Wildman–Crippen LogP) is -10.6. The normalized spacial score (nSPS) is 48.3. The fraction of sp³-hybridized carbons (Fsp3) is 0.941. The van der Waals surface area contributed by atoms with Crippen molar-refractivity contribution in [3.63, 3.8) is 0 Å². The van der Waals surface area contributed by atoms with Crippen LogP contribution in [0.4, 0.5) is 0 Å². The van der Waals surface area contributed by atoms with Crippen molar-refractivity contribution >= 4 is 11.8 Å². The molecule has 61 heavy (non-hydrogen) atoms. The Morgan fingerprint density at radius 1 is 0.492 bits per heavy atom. The second-order valence-corrected chi connectivity index (χ2v) is 15.4. The van der Waals surface area contributed by atoms with Crippen molar-refractivity contribution < 1.29 is 124 Å². The van der Waals surface area contributed by atoms with E-state index in [0.29, 0.717) is 0 Å². The van der Waals surface area contributed by atoms with Crippen LogP contribution in [0.15, 0.2) is 0 Å². The van der Waals surface area contributed by atoms with E-state index in [1.54, 1.807) is 0 Å². The van der Waals surface area contributed by atoms with E-state index in [4.69, 9.17) is 42.6 Å². The van der Waals surface area contributed by atoms with E-state index in [0.717, 1.165) is 13.8 Å². The van der Waals surface area contributed by atoms with Gasteiger partial charge in [0.2, 0.25) is 11.8 Å². The summed E-state index contributed by atoms with van der Waals surface area (Å²) in [6, 6.07) is -2.98. The smallest absolute Gasteiger partial charge is 0.217 e. The Hall–Kier alpha value is -1.98. The van der Waals surface area contributed by atoms with Gasteiger partial charge in [-0.3, -0.25) is 9.59 Å². The van der Waals surface area contributed by atoms with Crippen molar-refractivity contribution in [1.82, 2.24) is 10.6 Å². The van der Waals surface area contributed by atoms with Gasteiger partial charge in [-0.2, -0.15) is 0 Å². The van der Waals surface area contributed by atoms with Crippen molar-refractivity contribution in [2.45, 2.75) is 168 Å². The highest BCUT2D eigenvalue weighted by molar-refractivity contribution is 5.73. The van der Waals surface area contributed by atoms with Crippen LogP contribution in [0.2, 0.25) is 0 Å². The summed E-state index contributed by atoms with van der Waals surface area (Å²) in [7, 11) is 0. The van der Waals surface area contributed by atoms with Gasteiger partial charge in [-0.15, -0.1) is 0 Å². The number of hydrogen-bond acceptors (Lipinski definition) is 25. The van der Waals surface area contributed by atoms with Crippen LogP contribution in [-0.4, -0.2) is 264 Å². The molecule has 27 heteroatoms. The van der Waals surface area contributed by atoms with Crippen molar-refractivity contribution in [1.29, 1.82) is 0 Å². The molecule has 24 atom stereocenters. The summed E-state index contributed by atoms with van der Waals surface area (Å²) in [5.41, 5.74) is 0. The van der Waals surface area contributed by atoms with Crippen LogP contribution >= 0.6 is 0 Å². The number of ether oxygens (including phenoxy) is 9. The minimum absolute atomic E-state index is 0.404. The van der Waals surface area contributed by atoms with Crippen LogP contribution in [0.5, 0.6) is 0 Å². The van der Waals surface area contributed by atoms with E-state index in [1.165, 1.54) is 0 Å². The Balaban J connectivity index is 1.35. The first kappa shape index (κ1) is 50.0. The van der Waals surface area contributed by atoms with Gasteiger partial charge >= 0.3 is 0 Å². The monoisotopic (exact) mass is 894 g/mol. The van der Waals surface area contributed by atoms with Gasteiger partial charge < -0.3 is 125 Å². The quantitative estimate of drug-likeness (QED) is 0.0726. The topological polar surface area (TPSA) is 424 Å². The van der Waals surface area contributed by atoms with E-state index < -0.39 is 199 Å². The van der Waals surface area contributed by atoms with E-state index in [2.05, 4.69) is 10.6 Å². The first-order valence-corrected chi connectivity index (χ1v) is 19.5. The summed E-state index contributed by atoms with van der Waals surface area (Å²) < 4.78 is 51.4. The molecular formula is C34H58N2O25. The second-order valence-electron chi connectivity index (χ2n) is 15.4. The summed E-state index contributed by atoms with van der Waals surface area (Å²) in [5, 5.41) is 152. The predicted molar refractivity (Wildman–Crippen MR) is 188 cm³/mol. The molecule has 0 bridgehead atoms. The number of rotatable bonds is 15. The fourth-order valence-electron chi connectivity index (χ4n) is 7.65. The molecule has 5 aliphatic heterocycles. The molecule has 0 saturated carbocycles. The van der Waals surface area contributed by atoms with Crippen molar-refractivity contribution in [2.24, 2.45) is 0 Å². The zero-order chi connectivity index (χ0) is 45.0. The molecule has 5 fully saturated rings. The Bertz CT molecular complexity index is 1410. The zero-order valence-electron chi connectivity index (χ0n) is 32.9. The van der Waals surface area contributed by atoms with Crippen molar-refractivity contribution in [3.8, 4) is 0 Å². The highest BCUT2D eigenvalue weighted by Gasteiger charge is 2.54. The van der Waals surface area contributed by atoms with Crippen molar-refractivity contribution in [2.75, 3.05) is 33.0 Å². The average molecular weight is 895 g/mol. The maximum Gasteiger partial charge on any atom is 0.217 e. The van der Waals surface area contributed by atoms with Gasteiger partial charge in [0.1, 0.15) is 110 Å². The first-order chi connectivity index (χ1) is 28.8. The van der Waals surface area contributed by atoms with Gasteiger partial charge in [0, 0.05) is 20.3 Å². The standard InChI is InChI=1S/C34H58N2O25/c1-9(41)35-18-24(48)20(44)14(5-38)57-32(18)55-12-3-11(43)13(4-37)56-31(12)60-28-23(47)17(54-30(52)27(28)51)8-53-34-29(26(50)22(46)16(7-40)59-34)61-33-19(36-10(2)42)25(49)21(45)15(6-39)58-33/h11-34,37-40,43-52H,3-8H2,1-2H3,(H,35,41)(H,36,42)/t11-,12-,13+,14+,15+,16+,17+,18+,19+,20+,21+,22+,23+,24+,25+,26-,27-,28-,29-,30+,31+,32+,33-,34-/m0/s1. The second kappa shape index (κ2) is 21.8. The van der Waals surface area contributed by atoms with E-state index in [-0.39, 0.29) is 0 Å². The first-order valence-electron chi connectivity index (χ1n) is 19.5. The van der Waals surface area contributed by atoms with Crippen LogP contribution < -0.4 is 10.6 Å². The minimum Gasteiger partial charge on any atom is -0.394 e. The maximum absolute atomic E-state index is 12.0. The number of aliphatic hydroxyl groups is 14. The van der Waals surface area contributed by atoms with Gasteiger partial charge in [-0.1, -0.05) is 0 Å². The number of carbonyl (C=O) groups excluding carboxylic acids is 2. The molecule has 0 aliphatic carbocycles. The Labute approximate surface area is 346 Å². The summed E-state index contributed by atoms with van der Waals surface area (Å²) in [6.45, 7) is -1.90. The van der Waals surface area contributed by atoms with Gasteiger partial charge in [-0.05, 0) is 0 Å². The maximum atomic E-state index is 12.0. The molecule has 5 aliphatic rings. The molecular weight excluding hydrogens is 836 g/mol. The van der Waals surface area contributed by atoms with Crippen LogP contribution in [0.3, 0.4) is 0 Å². The number of hydrogen-bond donors (Lipinski definition) is 16. The van der Waals surface area contributed by atoms with Gasteiger partial charge in [0.15, 0.2) is 31.5 Å². The summed E-state index contributed by atoms with van der Waals surface area (Å²) in [4.78, 5) is 24.0. The van der Waals surface area contributed by atoms with E-state index in [9.17, 15) is 81.1 Å². The molecule has 5 heterocycles. The fourth-order valence-corrected chi connectivity index (χ4v) is 7.65. The largest absolute Gasteiger partial charge is 0.394 e. The molecule has 0 spiro atoms. The third-order valence-corrected chi connectivity index (χ3v) is 11.0. The molecule has 0 aromatic carbocycles. The van der Waals surface area contributed by atoms with Crippen LogP contribution in [0, 0.1) is 0 Å². The zero-order valence-corrected chi connectivity index (χ0v) is 32.9. The third kappa shape index (κ3) is 11.3. The summed E-state index contributed by atoms with van der Waals surface area (Å²) in [6.07, 6.45) is -38.2. The van der Waals surface area contributed by atoms with Gasteiger partial charge in [0.25, 0.3) is 0 Å². The lowest BCUT2D eigenvalue weighted by atomic mass is 9.95. The van der Waals surface area contributed by atoms with E-state index in [1.807, 2.05) is 0 Å². The van der Waals surface area contributed by atoms with E-state index >= 15 is 0 Å². The van der Waals surface area contributed by atoms with Gasteiger partial charge in [-0.25, -0.2) is 0 Å². The molecule has 0 aromatic rings. The molecule has 0 radical (unpaired) electrons. The number of nitrogens with one attached hydrogen (secondary N) is 2. The molecule has 5 saturated heterocycles. The Morgan fingerprint density at radius 3 is 1.43 bits per heavy atom. The lowest BCUT2D eigenvalue weighted by Gasteiger charge is -2.48. The highest BCUT2D eigenvalue weighted by Crippen LogP contribution is 2.34. The Kier molecular flexibility index (Phi) is 17.9. The summed E-state index contributed by atoms with van der Waals surface area (Å²) in [5.74, 6) is -1.39. The molecule has 354 valence electrons. The lowest BCUT2D eigenvalue weighted by Crippen LogP contribution is -2.68. The summed E-state index contributed by atoms with van der Waals surface area (Å²) >= 11 is 0. The van der Waals surface area contributed by atoms with Crippen LogP contribution in [0.1, 0.15) is 20.3 Å².